The number of hydrogen-bond acceptors (Lipinski definition) is 5. The maximum absolute atomic E-state index is 14.6. The van der Waals surface area contributed by atoms with Crippen LogP contribution in [-0.4, -0.2) is 44.3 Å². The van der Waals surface area contributed by atoms with Crippen LogP contribution in [0.15, 0.2) is 42.2 Å². The third-order valence-electron chi connectivity index (χ3n) is 5.47. The topological polar surface area (TPSA) is 66.1 Å². The van der Waals surface area contributed by atoms with E-state index in [9.17, 15) is 14.0 Å². The van der Waals surface area contributed by atoms with Gasteiger partial charge < -0.3 is 0 Å². The molecule has 0 bridgehead atoms. The Bertz CT molecular complexity index is 924. The van der Waals surface area contributed by atoms with Gasteiger partial charge in [-0.15, -0.1) is 0 Å². The van der Waals surface area contributed by atoms with Gasteiger partial charge in [0.2, 0.25) is 0 Å². The quantitative estimate of drug-likeness (QED) is 0.775. The second-order valence-electron chi connectivity index (χ2n) is 7.71. The van der Waals surface area contributed by atoms with E-state index in [4.69, 9.17) is 0 Å². The lowest BCUT2D eigenvalue weighted by Gasteiger charge is -2.38. The Labute approximate surface area is 173 Å². The predicted molar refractivity (Wildman–Crippen MR) is 112 cm³/mol. The van der Waals surface area contributed by atoms with Gasteiger partial charge in [-0.3, -0.25) is 19.6 Å². The van der Waals surface area contributed by atoms with Gasteiger partial charge in [-0.2, -0.15) is 5.10 Å². The second-order valence-corrected chi connectivity index (χ2v) is 9.09. The van der Waals surface area contributed by atoms with Crippen molar-refractivity contribution >= 4 is 28.7 Å². The van der Waals surface area contributed by atoms with Crippen molar-refractivity contribution in [2.45, 2.75) is 37.5 Å². The average Bonchev–Trinajstić information content (AvgIpc) is 3.42. The number of hydrogen-bond donors (Lipinski definition) is 1. The minimum Gasteiger partial charge on any atom is -0.297 e. The van der Waals surface area contributed by atoms with Crippen LogP contribution < -0.4 is 0 Å². The van der Waals surface area contributed by atoms with Crippen molar-refractivity contribution in [2.24, 2.45) is 5.92 Å². The second kappa shape index (κ2) is 8.63. The van der Waals surface area contributed by atoms with Gasteiger partial charge >= 0.3 is 0 Å². The molecule has 0 amide bonds. The van der Waals surface area contributed by atoms with Crippen LogP contribution in [0.1, 0.15) is 43.4 Å². The first-order chi connectivity index (χ1) is 14.0. The molecule has 1 N–H and O–H groups in total. The summed E-state index contributed by atoms with van der Waals surface area (Å²) in [5.41, 5.74) is 2.43. The molecule has 152 valence electrons. The van der Waals surface area contributed by atoms with Gasteiger partial charge in [0.05, 0.1) is 12.2 Å². The zero-order valence-electron chi connectivity index (χ0n) is 16.3. The molecule has 1 saturated heterocycles. The van der Waals surface area contributed by atoms with Crippen LogP contribution in [0.25, 0.3) is 6.08 Å². The third kappa shape index (κ3) is 4.67. The molecule has 29 heavy (non-hydrogen) atoms. The van der Waals surface area contributed by atoms with E-state index in [0.717, 1.165) is 30.4 Å². The van der Waals surface area contributed by atoms with Crippen molar-refractivity contribution in [3.63, 3.8) is 0 Å². The van der Waals surface area contributed by atoms with E-state index in [2.05, 4.69) is 15.1 Å². The number of H-pyrrole nitrogens is 1. The first kappa shape index (κ1) is 20.0. The first-order valence-corrected chi connectivity index (χ1v) is 10.8. The van der Waals surface area contributed by atoms with Crippen LogP contribution in [0, 0.1) is 11.7 Å². The Kier molecular flexibility index (Phi) is 5.96. The molecule has 2 fully saturated rings. The fraction of sp³-hybridized carbons (Fsp3) is 0.409. The van der Waals surface area contributed by atoms with Crippen molar-refractivity contribution < 1.29 is 14.0 Å². The number of rotatable bonds is 6. The molecule has 1 aromatic carbocycles. The molecule has 5 nitrogen and oxygen atoms in total. The smallest absolute Gasteiger partial charge is 0.186 e. The minimum absolute atomic E-state index is 0.0326. The summed E-state index contributed by atoms with van der Waals surface area (Å²) in [5, 5.41) is 6.91. The zero-order chi connectivity index (χ0) is 20.4. The maximum Gasteiger partial charge on any atom is 0.186 e. The molecule has 2 heterocycles. The molecular weight excluding hydrogens is 389 g/mol. The molecule has 4 rings (SSSR count). The highest BCUT2D eigenvalue weighted by Crippen LogP contribution is 2.40. The highest BCUT2D eigenvalue weighted by atomic mass is 32.2. The molecule has 1 aliphatic heterocycles. The molecule has 7 heteroatoms. The van der Waals surface area contributed by atoms with Crippen molar-refractivity contribution in [3.05, 3.63) is 59.2 Å². The fourth-order valence-corrected chi connectivity index (χ4v) is 4.87. The maximum atomic E-state index is 14.6. The molecular formula is C22H24FN3O2S. The predicted octanol–water partition coefficient (Wildman–Crippen LogP) is 4.01. The van der Waals surface area contributed by atoms with E-state index in [1.165, 1.54) is 17.8 Å². The minimum atomic E-state index is -0.584. The van der Waals surface area contributed by atoms with Gasteiger partial charge in [0.25, 0.3) is 0 Å². The average molecular weight is 414 g/mol. The zero-order valence-corrected chi connectivity index (χ0v) is 17.1. The number of thioether (sulfide) groups is 1. The number of aromatic nitrogens is 2. The lowest BCUT2D eigenvalue weighted by atomic mass is 9.93. The first-order valence-electron chi connectivity index (χ1n) is 9.91. The summed E-state index contributed by atoms with van der Waals surface area (Å²) in [5.74, 6) is -0.201. The van der Waals surface area contributed by atoms with Crippen LogP contribution in [0.2, 0.25) is 0 Å². The highest BCUT2D eigenvalue weighted by molar-refractivity contribution is 8.14. The Morgan fingerprint density at radius 1 is 1.31 bits per heavy atom. The monoisotopic (exact) mass is 413 g/mol. The molecule has 2 unspecified atom stereocenters. The number of halogens is 1. The number of piperidine rings is 1. The Hall–Kier alpha value is -2.25. The number of nitrogens with one attached hydrogen (secondary N) is 1. The largest absolute Gasteiger partial charge is 0.297 e. The summed E-state index contributed by atoms with van der Waals surface area (Å²) in [7, 11) is 0. The van der Waals surface area contributed by atoms with Gasteiger partial charge in [-0.25, -0.2) is 4.39 Å². The van der Waals surface area contributed by atoms with E-state index in [1.807, 2.05) is 6.08 Å². The molecule has 0 spiro atoms. The van der Waals surface area contributed by atoms with Crippen LogP contribution in [0.3, 0.4) is 0 Å². The van der Waals surface area contributed by atoms with Gasteiger partial charge in [0.15, 0.2) is 10.9 Å². The molecule has 0 radical (unpaired) electrons. The van der Waals surface area contributed by atoms with E-state index < -0.39 is 6.04 Å². The van der Waals surface area contributed by atoms with Gasteiger partial charge in [-0.05, 0) is 30.9 Å². The summed E-state index contributed by atoms with van der Waals surface area (Å²) >= 11 is 1.32. The summed E-state index contributed by atoms with van der Waals surface area (Å²) in [6.45, 7) is 2.74. The number of benzene rings is 1. The van der Waals surface area contributed by atoms with E-state index in [1.54, 1.807) is 37.5 Å². The van der Waals surface area contributed by atoms with Gasteiger partial charge in [-0.1, -0.05) is 36.0 Å². The SMILES string of the molecule is CC(=O)SC1CCN(C(C(=O)C2CC2)c2ccccc2F)C/C1=C\c1cn[nH]c1. The Morgan fingerprint density at radius 2 is 2.10 bits per heavy atom. The van der Waals surface area contributed by atoms with E-state index >= 15 is 0 Å². The number of carbonyl (C=O) groups is 2. The van der Waals surface area contributed by atoms with E-state index in [-0.39, 0.29) is 27.9 Å². The van der Waals surface area contributed by atoms with Crippen molar-refractivity contribution in [2.75, 3.05) is 13.1 Å². The molecule has 1 aliphatic carbocycles. The van der Waals surface area contributed by atoms with Crippen molar-refractivity contribution in [1.29, 1.82) is 0 Å². The number of Topliss-reactive ketones (excluding diaryl/α,β-unsaturated/α-hetero) is 1. The normalized spacial score (nSPS) is 22.6. The third-order valence-corrected chi connectivity index (χ3v) is 6.63. The van der Waals surface area contributed by atoms with Crippen molar-refractivity contribution in [1.82, 2.24) is 15.1 Å². The van der Waals surface area contributed by atoms with Crippen LogP contribution >= 0.6 is 11.8 Å². The number of aromatic amines is 1. The summed E-state index contributed by atoms with van der Waals surface area (Å²) < 4.78 is 14.6. The lowest BCUT2D eigenvalue weighted by molar-refractivity contribution is -0.126. The van der Waals surface area contributed by atoms with Crippen LogP contribution in [0.4, 0.5) is 4.39 Å². The molecule has 2 aliphatic rings. The summed E-state index contributed by atoms with van der Waals surface area (Å²) in [6, 6.07) is 5.99. The number of ketones is 1. The highest BCUT2D eigenvalue weighted by Gasteiger charge is 2.41. The van der Waals surface area contributed by atoms with Gasteiger partial charge in [0, 0.05) is 48.5 Å². The number of nitrogens with zero attached hydrogens (tertiary/aromatic N) is 2. The summed E-state index contributed by atoms with van der Waals surface area (Å²) in [6.07, 6.45) is 8.06. The molecule has 2 atom stereocenters. The number of carbonyl (C=O) groups excluding carboxylic acids is 2. The van der Waals surface area contributed by atoms with Crippen LogP contribution in [0.5, 0.6) is 0 Å². The Balaban J connectivity index is 1.66. The van der Waals surface area contributed by atoms with E-state index in [0.29, 0.717) is 18.7 Å². The standard InChI is InChI=1S/C22H24FN3O2S/c1-14(27)29-20-8-9-26(13-17(20)10-15-11-24-25-12-15)21(22(28)16-6-7-16)18-4-2-3-5-19(18)23/h2-5,10-12,16,20-21H,6-9,13H2,1H3,(H,24,25)/b17-10+. The molecule has 1 saturated carbocycles. The van der Waals surface area contributed by atoms with Gasteiger partial charge in [0.1, 0.15) is 5.82 Å². The van der Waals surface area contributed by atoms with Crippen molar-refractivity contribution in [3.8, 4) is 0 Å². The molecule has 1 aromatic heterocycles. The summed E-state index contributed by atoms with van der Waals surface area (Å²) in [4.78, 5) is 27.0. The number of likely N-dealkylation sites (tertiary alicyclic amines) is 1. The Morgan fingerprint density at radius 3 is 2.76 bits per heavy atom. The molecule has 2 aromatic rings. The van der Waals surface area contributed by atoms with Crippen LogP contribution in [-0.2, 0) is 9.59 Å². The fourth-order valence-electron chi connectivity index (χ4n) is 3.95. The lowest BCUT2D eigenvalue weighted by Crippen LogP contribution is -2.43.